The predicted molar refractivity (Wildman–Crippen MR) is 79.3 cm³/mol. The third kappa shape index (κ3) is 1.93. The fraction of sp³-hybridized carbons (Fsp3) is 0.400. The first kappa shape index (κ1) is 14.4. The summed E-state index contributed by atoms with van der Waals surface area (Å²) < 4.78 is 1.86. The minimum atomic E-state index is -1.43. The quantitative estimate of drug-likeness (QED) is 0.782. The van der Waals surface area contributed by atoms with E-state index in [1.165, 1.54) is 0 Å². The van der Waals surface area contributed by atoms with Crippen LogP contribution in [0.4, 0.5) is 0 Å². The van der Waals surface area contributed by atoms with Gasteiger partial charge in [-0.1, -0.05) is 6.92 Å². The maximum atomic E-state index is 12.0. The number of nitrogens with one attached hydrogen (secondary N) is 1. The number of carboxylic acids is 1. The molecule has 0 bridgehead atoms. The van der Waals surface area contributed by atoms with Crippen LogP contribution >= 0.6 is 0 Å². The van der Waals surface area contributed by atoms with Crippen LogP contribution in [0, 0.1) is 0 Å². The Morgan fingerprint density at radius 3 is 2.91 bits per heavy atom. The van der Waals surface area contributed by atoms with Crippen LogP contribution in [0.2, 0.25) is 0 Å². The standard InChI is InChI=1S/C15H17N3O4/c1-3-18-9-5-4-7(2)10-12(8(9)6-16-18)17-14(20)11(13(10)19)15(21)22/h6-7H,3-5H2,1-2H3,(H,21,22)(H2,17,19,20)/t7-/m0/s1. The number of aromatic carboxylic acids is 1. The highest BCUT2D eigenvalue weighted by atomic mass is 16.4. The highest BCUT2D eigenvalue weighted by Crippen LogP contribution is 2.41. The second-order valence-electron chi connectivity index (χ2n) is 5.53. The van der Waals surface area contributed by atoms with E-state index in [9.17, 15) is 14.7 Å². The van der Waals surface area contributed by atoms with Crippen LogP contribution < -0.4 is 5.56 Å². The smallest absolute Gasteiger partial charge is 0.345 e. The van der Waals surface area contributed by atoms with Gasteiger partial charge in [0, 0.05) is 23.4 Å². The van der Waals surface area contributed by atoms with Crippen molar-refractivity contribution in [1.29, 1.82) is 0 Å². The third-order valence-electron chi connectivity index (χ3n) is 4.27. The fourth-order valence-corrected chi connectivity index (χ4v) is 3.15. The average molecular weight is 303 g/mol. The number of carbonyl (C=O) groups is 1. The Labute approximate surface area is 126 Å². The molecule has 22 heavy (non-hydrogen) atoms. The molecule has 1 atom stereocenters. The molecule has 116 valence electrons. The Hall–Kier alpha value is -2.57. The summed E-state index contributed by atoms with van der Waals surface area (Å²) in [5, 5.41) is 23.8. The maximum absolute atomic E-state index is 12.0. The molecule has 3 N–H and O–H groups in total. The summed E-state index contributed by atoms with van der Waals surface area (Å²) in [4.78, 5) is 25.9. The van der Waals surface area contributed by atoms with Crippen molar-refractivity contribution in [1.82, 2.24) is 14.8 Å². The van der Waals surface area contributed by atoms with Crippen molar-refractivity contribution in [2.45, 2.75) is 39.2 Å². The lowest BCUT2D eigenvalue weighted by Crippen LogP contribution is -2.20. The van der Waals surface area contributed by atoms with Crippen molar-refractivity contribution in [3.05, 3.63) is 33.4 Å². The molecule has 0 spiro atoms. The molecule has 1 aliphatic carbocycles. The zero-order chi connectivity index (χ0) is 16.0. The van der Waals surface area contributed by atoms with Crippen LogP contribution in [0.15, 0.2) is 11.0 Å². The molecule has 0 amide bonds. The number of rotatable bonds is 2. The number of aryl methyl sites for hydroxylation is 1. The number of hydrogen-bond acceptors (Lipinski definition) is 4. The Balaban J connectivity index is 2.37. The van der Waals surface area contributed by atoms with Gasteiger partial charge in [0.1, 0.15) is 5.75 Å². The van der Waals surface area contributed by atoms with Crippen LogP contribution in [0.3, 0.4) is 0 Å². The number of aromatic amines is 1. The molecule has 7 heteroatoms. The summed E-state index contributed by atoms with van der Waals surface area (Å²) in [7, 11) is 0. The first-order chi connectivity index (χ1) is 10.5. The Bertz CT molecular complexity index is 819. The summed E-state index contributed by atoms with van der Waals surface area (Å²) >= 11 is 0. The number of nitrogens with zero attached hydrogens (tertiary/aromatic N) is 2. The molecule has 0 saturated carbocycles. The van der Waals surface area contributed by atoms with Crippen LogP contribution in [0.1, 0.15) is 47.8 Å². The van der Waals surface area contributed by atoms with Crippen molar-refractivity contribution < 1.29 is 15.0 Å². The third-order valence-corrected chi connectivity index (χ3v) is 4.27. The van der Waals surface area contributed by atoms with E-state index < -0.39 is 22.8 Å². The zero-order valence-electron chi connectivity index (χ0n) is 12.4. The molecule has 0 aromatic carbocycles. The van der Waals surface area contributed by atoms with E-state index in [0.717, 1.165) is 24.1 Å². The van der Waals surface area contributed by atoms with Gasteiger partial charge in [0.05, 0.1) is 11.9 Å². The van der Waals surface area contributed by atoms with E-state index in [0.29, 0.717) is 17.8 Å². The largest absolute Gasteiger partial charge is 0.506 e. The molecule has 0 fully saturated rings. The van der Waals surface area contributed by atoms with Crippen molar-refractivity contribution in [2.24, 2.45) is 0 Å². The zero-order valence-corrected chi connectivity index (χ0v) is 12.4. The minimum Gasteiger partial charge on any atom is -0.506 e. The molecule has 1 aliphatic rings. The number of fused-ring (bicyclic) bond motifs is 3. The highest BCUT2D eigenvalue weighted by Gasteiger charge is 2.30. The van der Waals surface area contributed by atoms with E-state index >= 15 is 0 Å². The van der Waals surface area contributed by atoms with Crippen molar-refractivity contribution in [2.75, 3.05) is 0 Å². The lowest BCUT2D eigenvalue weighted by molar-refractivity contribution is 0.0691. The Morgan fingerprint density at radius 1 is 1.55 bits per heavy atom. The summed E-state index contributed by atoms with van der Waals surface area (Å²) in [6.45, 7) is 4.61. The molecule has 0 radical (unpaired) electrons. The van der Waals surface area contributed by atoms with Gasteiger partial charge in [-0.3, -0.25) is 9.48 Å². The van der Waals surface area contributed by atoms with Crippen molar-refractivity contribution >= 4 is 5.97 Å². The van der Waals surface area contributed by atoms with Gasteiger partial charge in [-0.15, -0.1) is 0 Å². The van der Waals surface area contributed by atoms with Gasteiger partial charge < -0.3 is 15.2 Å². The molecule has 2 aromatic heterocycles. The Kier molecular flexibility index (Phi) is 3.27. The fourth-order valence-electron chi connectivity index (χ4n) is 3.15. The first-order valence-corrected chi connectivity index (χ1v) is 7.23. The van der Waals surface area contributed by atoms with Crippen molar-refractivity contribution in [3.8, 4) is 17.0 Å². The van der Waals surface area contributed by atoms with Gasteiger partial charge in [0.2, 0.25) is 0 Å². The number of aromatic nitrogens is 3. The Morgan fingerprint density at radius 2 is 2.27 bits per heavy atom. The van der Waals surface area contributed by atoms with Gasteiger partial charge >= 0.3 is 5.97 Å². The molecule has 2 aromatic rings. The number of hydrogen-bond donors (Lipinski definition) is 3. The maximum Gasteiger partial charge on any atom is 0.345 e. The van der Waals surface area contributed by atoms with Gasteiger partial charge in [0.15, 0.2) is 5.56 Å². The SMILES string of the molecule is CCn1ncc2c1CC[C@H](C)c1c-2[nH]c(=O)c(C(=O)O)c1O. The number of H-pyrrole nitrogens is 1. The topological polar surface area (TPSA) is 108 Å². The second kappa shape index (κ2) is 5.01. The van der Waals surface area contributed by atoms with Gasteiger partial charge in [-0.05, 0) is 25.7 Å². The van der Waals surface area contributed by atoms with Crippen LogP contribution in [-0.4, -0.2) is 30.9 Å². The minimum absolute atomic E-state index is 0.0670. The summed E-state index contributed by atoms with van der Waals surface area (Å²) in [5.74, 6) is -1.93. The van der Waals surface area contributed by atoms with E-state index in [1.807, 2.05) is 18.5 Å². The van der Waals surface area contributed by atoms with E-state index in [2.05, 4.69) is 10.1 Å². The molecule has 2 heterocycles. The first-order valence-electron chi connectivity index (χ1n) is 7.23. The van der Waals surface area contributed by atoms with Crippen LogP contribution in [0.25, 0.3) is 11.3 Å². The van der Waals surface area contributed by atoms with Gasteiger partial charge in [-0.25, -0.2) is 4.79 Å². The molecular weight excluding hydrogens is 286 g/mol. The number of pyridine rings is 1. The van der Waals surface area contributed by atoms with E-state index in [1.54, 1.807) is 6.20 Å². The molecule has 7 nitrogen and oxygen atoms in total. The highest BCUT2D eigenvalue weighted by molar-refractivity contribution is 5.92. The monoisotopic (exact) mass is 303 g/mol. The van der Waals surface area contributed by atoms with Crippen LogP contribution in [0.5, 0.6) is 5.75 Å². The molecule has 3 rings (SSSR count). The average Bonchev–Trinajstić information content (AvgIpc) is 2.80. The van der Waals surface area contributed by atoms with Crippen molar-refractivity contribution in [3.63, 3.8) is 0 Å². The summed E-state index contributed by atoms with van der Waals surface area (Å²) in [5.41, 5.74) is 1.31. The molecule has 0 aliphatic heterocycles. The van der Waals surface area contributed by atoms with E-state index in [-0.39, 0.29) is 5.92 Å². The lowest BCUT2D eigenvalue weighted by Gasteiger charge is -2.15. The number of carboxylic acid groups (broad SMARTS) is 1. The van der Waals surface area contributed by atoms with Gasteiger partial charge in [-0.2, -0.15) is 5.10 Å². The molecule has 0 unspecified atom stereocenters. The molecule has 0 saturated heterocycles. The van der Waals surface area contributed by atoms with Gasteiger partial charge in [0.25, 0.3) is 5.56 Å². The molecular formula is C15H17N3O4. The van der Waals surface area contributed by atoms with Crippen LogP contribution in [-0.2, 0) is 13.0 Å². The second-order valence-corrected chi connectivity index (χ2v) is 5.53. The number of aromatic hydroxyl groups is 1. The lowest BCUT2D eigenvalue weighted by atomic mass is 9.94. The summed E-state index contributed by atoms with van der Waals surface area (Å²) in [6, 6.07) is 0. The normalized spacial score (nSPS) is 16.7. The van der Waals surface area contributed by atoms with E-state index in [4.69, 9.17) is 5.11 Å². The predicted octanol–water partition coefficient (Wildman–Crippen LogP) is 1.71. The summed E-state index contributed by atoms with van der Waals surface area (Å²) in [6.07, 6.45) is 3.15.